The minimum Gasteiger partial charge on any atom is -0.480 e. The Morgan fingerprint density at radius 1 is 1.26 bits per heavy atom. The van der Waals surface area contributed by atoms with Gasteiger partial charge in [-0.25, -0.2) is 4.79 Å². The Morgan fingerprint density at radius 2 is 1.84 bits per heavy atom. The molecule has 0 atom stereocenters. The highest BCUT2D eigenvalue weighted by atomic mass is 16.4. The minimum atomic E-state index is -1.01. The second kappa shape index (κ2) is 6.78. The zero-order chi connectivity index (χ0) is 14.4. The molecule has 2 amide bonds. The van der Waals surface area contributed by atoms with Crippen LogP contribution in [0.4, 0.5) is 10.5 Å². The summed E-state index contributed by atoms with van der Waals surface area (Å²) < 4.78 is 0. The number of carbonyl (C=O) groups excluding carboxylic acids is 1. The molecule has 0 unspecified atom stereocenters. The molecule has 0 spiro atoms. The molecule has 0 heterocycles. The molecule has 0 aliphatic carbocycles. The van der Waals surface area contributed by atoms with E-state index < -0.39 is 5.97 Å². The molecule has 0 aromatic heterocycles. The summed E-state index contributed by atoms with van der Waals surface area (Å²) in [6.07, 6.45) is 0.716. The molecule has 5 nitrogen and oxygen atoms in total. The van der Waals surface area contributed by atoms with Crippen molar-refractivity contribution in [2.75, 3.05) is 18.4 Å². The van der Waals surface area contributed by atoms with E-state index >= 15 is 0 Å². The van der Waals surface area contributed by atoms with E-state index in [1.165, 1.54) is 4.90 Å². The van der Waals surface area contributed by atoms with Crippen LogP contribution in [-0.2, 0) is 4.79 Å². The van der Waals surface area contributed by atoms with Crippen molar-refractivity contribution in [3.63, 3.8) is 0 Å². The number of hydrogen-bond acceptors (Lipinski definition) is 2. The summed E-state index contributed by atoms with van der Waals surface area (Å²) in [5.74, 6) is -1.01. The standard InChI is InChI=1S/C14H20N2O3/c1-4-8-16(9-12(17)18)14(19)15-13-10(2)6-5-7-11(13)3/h5-7H,4,8-9H2,1-3H3,(H,15,19)(H,17,18). The van der Waals surface area contributed by atoms with E-state index in [1.807, 2.05) is 39.0 Å². The van der Waals surface area contributed by atoms with Crippen LogP contribution in [0.5, 0.6) is 0 Å². The van der Waals surface area contributed by atoms with Crippen molar-refractivity contribution in [3.05, 3.63) is 29.3 Å². The molecular weight excluding hydrogens is 244 g/mol. The smallest absolute Gasteiger partial charge is 0.323 e. The molecule has 19 heavy (non-hydrogen) atoms. The van der Waals surface area contributed by atoms with E-state index in [1.54, 1.807) is 0 Å². The first-order valence-electron chi connectivity index (χ1n) is 6.29. The zero-order valence-corrected chi connectivity index (χ0v) is 11.6. The molecule has 0 radical (unpaired) electrons. The van der Waals surface area contributed by atoms with Crippen LogP contribution in [0.15, 0.2) is 18.2 Å². The number of para-hydroxylation sites is 1. The summed E-state index contributed by atoms with van der Waals surface area (Å²) in [4.78, 5) is 24.1. The summed E-state index contributed by atoms with van der Waals surface area (Å²) in [5.41, 5.74) is 2.67. The number of rotatable bonds is 5. The molecule has 104 valence electrons. The summed E-state index contributed by atoms with van der Waals surface area (Å²) >= 11 is 0. The molecule has 0 saturated heterocycles. The van der Waals surface area contributed by atoms with Crippen LogP contribution in [0, 0.1) is 13.8 Å². The van der Waals surface area contributed by atoms with Crippen molar-refractivity contribution in [2.24, 2.45) is 0 Å². The van der Waals surface area contributed by atoms with Gasteiger partial charge in [0.05, 0.1) is 0 Å². The fraction of sp³-hybridized carbons (Fsp3) is 0.429. The van der Waals surface area contributed by atoms with Gasteiger partial charge >= 0.3 is 12.0 Å². The van der Waals surface area contributed by atoms with Gasteiger partial charge in [0.1, 0.15) is 6.54 Å². The van der Waals surface area contributed by atoms with Crippen LogP contribution in [0.25, 0.3) is 0 Å². The lowest BCUT2D eigenvalue weighted by Gasteiger charge is -2.21. The van der Waals surface area contributed by atoms with Gasteiger partial charge in [-0.05, 0) is 31.4 Å². The number of anilines is 1. The van der Waals surface area contributed by atoms with E-state index in [2.05, 4.69) is 5.32 Å². The Morgan fingerprint density at radius 3 is 2.32 bits per heavy atom. The number of benzene rings is 1. The Bertz CT molecular complexity index is 452. The summed E-state index contributed by atoms with van der Waals surface area (Å²) in [6.45, 7) is 5.85. The molecular formula is C14H20N2O3. The van der Waals surface area contributed by atoms with Crippen LogP contribution in [0.1, 0.15) is 24.5 Å². The monoisotopic (exact) mass is 264 g/mol. The number of carboxylic acids is 1. The predicted molar refractivity (Wildman–Crippen MR) is 74.4 cm³/mol. The number of urea groups is 1. The molecule has 0 saturated carbocycles. The lowest BCUT2D eigenvalue weighted by molar-refractivity contribution is -0.137. The van der Waals surface area contributed by atoms with Gasteiger partial charge in [-0.2, -0.15) is 0 Å². The van der Waals surface area contributed by atoms with Crippen molar-refractivity contribution < 1.29 is 14.7 Å². The second-order valence-electron chi connectivity index (χ2n) is 4.51. The van der Waals surface area contributed by atoms with Gasteiger partial charge in [0, 0.05) is 12.2 Å². The van der Waals surface area contributed by atoms with E-state index in [-0.39, 0.29) is 12.6 Å². The third kappa shape index (κ3) is 4.28. The number of amides is 2. The average molecular weight is 264 g/mol. The summed E-state index contributed by atoms with van der Waals surface area (Å²) in [5, 5.41) is 11.6. The summed E-state index contributed by atoms with van der Waals surface area (Å²) in [7, 11) is 0. The maximum Gasteiger partial charge on any atom is 0.323 e. The van der Waals surface area contributed by atoms with Gasteiger partial charge in [0.25, 0.3) is 0 Å². The van der Waals surface area contributed by atoms with Crippen molar-refractivity contribution >= 4 is 17.7 Å². The maximum absolute atomic E-state index is 12.1. The van der Waals surface area contributed by atoms with Crippen LogP contribution >= 0.6 is 0 Å². The number of aryl methyl sites for hydroxylation is 2. The Balaban J connectivity index is 2.84. The first-order chi connectivity index (χ1) is 8.95. The lowest BCUT2D eigenvalue weighted by Crippen LogP contribution is -2.39. The third-order valence-corrected chi connectivity index (χ3v) is 2.82. The largest absolute Gasteiger partial charge is 0.480 e. The predicted octanol–water partition coefficient (Wildman–Crippen LogP) is 2.63. The number of carbonyl (C=O) groups is 2. The Hall–Kier alpha value is -2.04. The Labute approximate surface area is 113 Å². The SMILES string of the molecule is CCCN(CC(=O)O)C(=O)Nc1c(C)cccc1C. The van der Waals surface area contributed by atoms with Gasteiger partial charge in [0.15, 0.2) is 0 Å². The van der Waals surface area contributed by atoms with Crippen molar-refractivity contribution in [2.45, 2.75) is 27.2 Å². The van der Waals surface area contributed by atoms with E-state index in [4.69, 9.17) is 5.11 Å². The summed E-state index contributed by atoms with van der Waals surface area (Å²) in [6, 6.07) is 5.36. The zero-order valence-electron chi connectivity index (χ0n) is 11.6. The molecule has 1 aromatic rings. The molecule has 0 bridgehead atoms. The van der Waals surface area contributed by atoms with Crippen LogP contribution in [0.2, 0.25) is 0 Å². The molecule has 5 heteroatoms. The molecule has 0 aliphatic rings. The van der Waals surface area contributed by atoms with Crippen LogP contribution < -0.4 is 5.32 Å². The van der Waals surface area contributed by atoms with E-state index in [0.717, 1.165) is 16.8 Å². The number of carboxylic acid groups (broad SMARTS) is 1. The fourth-order valence-electron chi connectivity index (χ4n) is 1.88. The van der Waals surface area contributed by atoms with Crippen molar-refractivity contribution in [1.82, 2.24) is 4.90 Å². The first-order valence-corrected chi connectivity index (χ1v) is 6.29. The van der Waals surface area contributed by atoms with Gasteiger partial charge in [0.2, 0.25) is 0 Å². The number of hydrogen-bond donors (Lipinski definition) is 2. The molecule has 0 fully saturated rings. The highest BCUT2D eigenvalue weighted by molar-refractivity contribution is 5.92. The molecule has 1 aromatic carbocycles. The normalized spacial score (nSPS) is 10.1. The third-order valence-electron chi connectivity index (χ3n) is 2.82. The fourth-order valence-corrected chi connectivity index (χ4v) is 1.88. The highest BCUT2D eigenvalue weighted by Crippen LogP contribution is 2.19. The van der Waals surface area contributed by atoms with Crippen molar-refractivity contribution in [3.8, 4) is 0 Å². The lowest BCUT2D eigenvalue weighted by atomic mass is 10.1. The van der Waals surface area contributed by atoms with E-state index in [0.29, 0.717) is 13.0 Å². The van der Waals surface area contributed by atoms with E-state index in [9.17, 15) is 9.59 Å². The van der Waals surface area contributed by atoms with Gasteiger partial charge in [-0.3, -0.25) is 4.79 Å². The quantitative estimate of drug-likeness (QED) is 0.859. The molecule has 0 aliphatic heterocycles. The highest BCUT2D eigenvalue weighted by Gasteiger charge is 2.17. The van der Waals surface area contributed by atoms with Crippen LogP contribution in [-0.4, -0.2) is 35.1 Å². The van der Waals surface area contributed by atoms with Gasteiger partial charge < -0.3 is 15.3 Å². The number of nitrogens with zero attached hydrogens (tertiary/aromatic N) is 1. The maximum atomic E-state index is 12.1. The topological polar surface area (TPSA) is 69.6 Å². The van der Waals surface area contributed by atoms with Crippen molar-refractivity contribution in [1.29, 1.82) is 0 Å². The number of nitrogens with one attached hydrogen (secondary N) is 1. The van der Waals surface area contributed by atoms with Gasteiger partial charge in [-0.15, -0.1) is 0 Å². The average Bonchev–Trinajstić information content (AvgIpc) is 2.32. The second-order valence-corrected chi connectivity index (χ2v) is 4.51. The first kappa shape index (κ1) is 15.0. The molecule has 1 rings (SSSR count). The van der Waals surface area contributed by atoms with Gasteiger partial charge in [-0.1, -0.05) is 25.1 Å². The Kier molecular flexibility index (Phi) is 5.36. The number of aliphatic carboxylic acids is 1. The minimum absolute atomic E-state index is 0.287. The molecule has 2 N–H and O–H groups in total. The van der Waals surface area contributed by atoms with Crippen LogP contribution in [0.3, 0.4) is 0 Å².